The summed E-state index contributed by atoms with van der Waals surface area (Å²) in [5.41, 5.74) is 0.139. The smallest absolute Gasteiger partial charge is 0.357 e. The number of thiazole rings is 1. The van der Waals surface area contributed by atoms with Crippen LogP contribution in [0.15, 0.2) is 5.38 Å². The van der Waals surface area contributed by atoms with E-state index in [9.17, 15) is 15.0 Å². The highest BCUT2D eigenvalue weighted by molar-refractivity contribution is 7.80. The Labute approximate surface area is 102 Å². The number of nitrogens with zero attached hydrogens (tertiary/aromatic N) is 1. The van der Waals surface area contributed by atoms with Crippen LogP contribution in [0.25, 0.3) is 0 Å². The average molecular weight is 263 g/mol. The van der Waals surface area contributed by atoms with Gasteiger partial charge in [0.2, 0.25) is 0 Å². The lowest BCUT2D eigenvalue weighted by atomic mass is 10.1. The standard InChI is InChI=1S/C9H13NO4S2/c1-14-9(13)5-4-16-8(10-5)7(12)6(11)2-3-15/h4,6-7,11-12,15H,2-3H2,1H3. The second kappa shape index (κ2) is 6.19. The fraction of sp³-hybridized carbons (Fsp3) is 0.556. The second-order valence-corrected chi connectivity index (χ2v) is 4.42. The van der Waals surface area contributed by atoms with Crippen LogP contribution < -0.4 is 0 Å². The number of rotatable bonds is 5. The van der Waals surface area contributed by atoms with Crippen molar-refractivity contribution in [3.8, 4) is 0 Å². The van der Waals surface area contributed by atoms with Gasteiger partial charge in [0, 0.05) is 5.38 Å². The van der Waals surface area contributed by atoms with E-state index in [-0.39, 0.29) is 5.69 Å². The van der Waals surface area contributed by atoms with Gasteiger partial charge in [-0.05, 0) is 12.2 Å². The maximum atomic E-state index is 11.1. The summed E-state index contributed by atoms with van der Waals surface area (Å²) in [7, 11) is 1.26. The monoisotopic (exact) mass is 263 g/mol. The van der Waals surface area contributed by atoms with E-state index in [1.807, 2.05) is 0 Å². The van der Waals surface area contributed by atoms with Crippen LogP contribution in [-0.4, -0.2) is 40.1 Å². The zero-order chi connectivity index (χ0) is 12.1. The molecule has 1 rings (SSSR count). The molecule has 0 saturated heterocycles. The summed E-state index contributed by atoms with van der Waals surface area (Å²) in [6.07, 6.45) is -1.65. The van der Waals surface area contributed by atoms with Gasteiger partial charge in [0.1, 0.15) is 11.1 Å². The SMILES string of the molecule is COC(=O)c1csc(C(O)C(O)CCS)n1. The summed E-state index contributed by atoms with van der Waals surface area (Å²) in [4.78, 5) is 15.0. The Kier molecular flexibility index (Phi) is 5.20. The van der Waals surface area contributed by atoms with Gasteiger partial charge < -0.3 is 14.9 Å². The molecule has 0 fully saturated rings. The third kappa shape index (κ3) is 3.18. The molecule has 2 atom stereocenters. The number of aliphatic hydroxyl groups is 2. The minimum absolute atomic E-state index is 0.139. The van der Waals surface area contributed by atoms with Gasteiger partial charge in [-0.2, -0.15) is 12.6 Å². The highest BCUT2D eigenvalue weighted by Crippen LogP contribution is 2.23. The summed E-state index contributed by atoms with van der Waals surface area (Å²) in [6.45, 7) is 0. The second-order valence-electron chi connectivity index (χ2n) is 3.09. The number of thiol groups is 1. The van der Waals surface area contributed by atoms with Crippen LogP contribution in [0, 0.1) is 0 Å². The van der Waals surface area contributed by atoms with Crippen LogP contribution in [0.3, 0.4) is 0 Å². The number of hydrogen-bond acceptors (Lipinski definition) is 7. The van der Waals surface area contributed by atoms with Gasteiger partial charge in [-0.15, -0.1) is 11.3 Å². The number of esters is 1. The van der Waals surface area contributed by atoms with Crippen LogP contribution in [0.5, 0.6) is 0 Å². The molecular formula is C9H13NO4S2. The van der Waals surface area contributed by atoms with Crippen molar-refractivity contribution >= 4 is 29.9 Å². The Morgan fingerprint density at radius 1 is 1.69 bits per heavy atom. The van der Waals surface area contributed by atoms with E-state index in [1.165, 1.54) is 12.5 Å². The largest absolute Gasteiger partial charge is 0.464 e. The zero-order valence-corrected chi connectivity index (χ0v) is 10.4. The topological polar surface area (TPSA) is 79.7 Å². The molecule has 0 amide bonds. The summed E-state index contributed by atoms with van der Waals surface area (Å²) in [6, 6.07) is 0. The Morgan fingerprint density at radius 2 is 2.38 bits per heavy atom. The van der Waals surface area contributed by atoms with Crippen LogP contribution in [0.1, 0.15) is 28.0 Å². The number of carbonyl (C=O) groups is 1. The quantitative estimate of drug-likeness (QED) is 0.537. The maximum Gasteiger partial charge on any atom is 0.357 e. The Hall–Kier alpha value is -0.630. The molecule has 2 N–H and O–H groups in total. The van der Waals surface area contributed by atoms with Crippen LogP contribution in [-0.2, 0) is 4.74 Å². The highest BCUT2D eigenvalue weighted by atomic mass is 32.1. The van der Waals surface area contributed by atoms with Crippen molar-refractivity contribution in [3.05, 3.63) is 16.1 Å². The number of methoxy groups -OCH3 is 1. The molecule has 0 aromatic carbocycles. The van der Waals surface area contributed by atoms with Gasteiger partial charge in [0.05, 0.1) is 13.2 Å². The van der Waals surface area contributed by atoms with E-state index in [0.717, 1.165) is 11.3 Å². The molecular weight excluding hydrogens is 250 g/mol. The van der Waals surface area contributed by atoms with Gasteiger partial charge in [-0.3, -0.25) is 0 Å². The first kappa shape index (κ1) is 13.4. The molecule has 0 spiro atoms. The fourth-order valence-corrected chi connectivity index (χ4v) is 2.17. The molecule has 0 aliphatic heterocycles. The molecule has 1 heterocycles. The van der Waals surface area contributed by atoms with E-state index in [0.29, 0.717) is 17.2 Å². The van der Waals surface area contributed by atoms with Crippen molar-refractivity contribution < 1.29 is 19.7 Å². The first-order chi connectivity index (χ1) is 7.60. The van der Waals surface area contributed by atoms with Crippen molar-refractivity contribution in [2.45, 2.75) is 18.6 Å². The molecule has 7 heteroatoms. The number of carbonyl (C=O) groups excluding carboxylic acids is 1. The Balaban J connectivity index is 2.73. The first-order valence-electron chi connectivity index (χ1n) is 4.61. The third-order valence-electron chi connectivity index (χ3n) is 1.96. The van der Waals surface area contributed by atoms with E-state index in [2.05, 4.69) is 22.3 Å². The molecule has 0 aliphatic carbocycles. The molecule has 0 aliphatic rings. The lowest BCUT2D eigenvalue weighted by molar-refractivity contribution is 0.0169. The lowest BCUT2D eigenvalue weighted by Gasteiger charge is -2.13. The predicted octanol–water partition coefficient (Wildman–Crippen LogP) is 0.644. The molecule has 16 heavy (non-hydrogen) atoms. The van der Waals surface area contributed by atoms with E-state index in [1.54, 1.807) is 0 Å². The van der Waals surface area contributed by atoms with Crippen molar-refractivity contribution in [1.82, 2.24) is 4.98 Å². The number of ether oxygens (including phenoxy) is 1. The summed E-state index contributed by atoms with van der Waals surface area (Å²) >= 11 is 5.07. The highest BCUT2D eigenvalue weighted by Gasteiger charge is 2.22. The number of hydrogen-bond donors (Lipinski definition) is 3. The molecule has 90 valence electrons. The van der Waals surface area contributed by atoms with Gasteiger partial charge in [0.15, 0.2) is 5.69 Å². The minimum atomic E-state index is -1.09. The number of aliphatic hydroxyl groups excluding tert-OH is 2. The van der Waals surface area contributed by atoms with E-state index < -0.39 is 18.2 Å². The zero-order valence-electron chi connectivity index (χ0n) is 8.66. The van der Waals surface area contributed by atoms with Crippen LogP contribution in [0.2, 0.25) is 0 Å². The van der Waals surface area contributed by atoms with Gasteiger partial charge in [-0.25, -0.2) is 9.78 Å². The molecule has 1 aromatic rings. The minimum Gasteiger partial charge on any atom is -0.464 e. The van der Waals surface area contributed by atoms with E-state index >= 15 is 0 Å². The Morgan fingerprint density at radius 3 is 2.94 bits per heavy atom. The third-order valence-corrected chi connectivity index (χ3v) is 3.13. The molecule has 0 radical (unpaired) electrons. The number of aromatic nitrogens is 1. The van der Waals surface area contributed by atoms with Crippen LogP contribution in [0.4, 0.5) is 0 Å². The molecule has 5 nitrogen and oxygen atoms in total. The van der Waals surface area contributed by atoms with Crippen molar-refractivity contribution in [1.29, 1.82) is 0 Å². The van der Waals surface area contributed by atoms with Gasteiger partial charge in [-0.1, -0.05) is 0 Å². The normalized spacial score (nSPS) is 14.5. The predicted molar refractivity (Wildman–Crippen MR) is 62.9 cm³/mol. The van der Waals surface area contributed by atoms with Crippen molar-refractivity contribution in [3.63, 3.8) is 0 Å². The maximum absolute atomic E-state index is 11.1. The Bertz CT molecular complexity index is 355. The molecule has 2 unspecified atom stereocenters. The first-order valence-corrected chi connectivity index (χ1v) is 6.12. The molecule has 0 bridgehead atoms. The fourth-order valence-electron chi connectivity index (χ4n) is 1.08. The summed E-state index contributed by atoms with van der Waals surface area (Å²) < 4.78 is 4.49. The van der Waals surface area contributed by atoms with Crippen LogP contribution >= 0.6 is 24.0 Å². The van der Waals surface area contributed by atoms with Gasteiger partial charge in [0.25, 0.3) is 0 Å². The van der Waals surface area contributed by atoms with Gasteiger partial charge >= 0.3 is 5.97 Å². The lowest BCUT2D eigenvalue weighted by Crippen LogP contribution is -2.18. The van der Waals surface area contributed by atoms with Crippen molar-refractivity contribution in [2.24, 2.45) is 0 Å². The molecule has 0 saturated carbocycles. The van der Waals surface area contributed by atoms with E-state index in [4.69, 9.17) is 0 Å². The molecule has 1 aromatic heterocycles. The summed E-state index contributed by atoms with van der Waals surface area (Å²) in [5, 5.41) is 21.0. The average Bonchev–Trinajstić information content (AvgIpc) is 2.76. The van der Waals surface area contributed by atoms with Crippen molar-refractivity contribution in [2.75, 3.05) is 12.9 Å². The summed E-state index contributed by atoms with van der Waals surface area (Å²) in [5.74, 6) is -0.0913.